The van der Waals surface area contributed by atoms with Crippen LogP contribution in [0.15, 0.2) is 17.9 Å². The number of nitrogens with zero attached hydrogens (tertiary/aromatic N) is 1. The van der Waals surface area contributed by atoms with E-state index in [0.717, 1.165) is 19.4 Å². The third-order valence-electron chi connectivity index (χ3n) is 4.41. The van der Waals surface area contributed by atoms with Crippen molar-refractivity contribution in [3.63, 3.8) is 0 Å². The Kier molecular flexibility index (Phi) is 4.79. The Morgan fingerprint density at radius 2 is 2.17 bits per heavy atom. The van der Waals surface area contributed by atoms with E-state index in [4.69, 9.17) is 0 Å². The van der Waals surface area contributed by atoms with Crippen LogP contribution in [0.1, 0.15) is 58.3 Å². The Labute approximate surface area is 111 Å². The summed E-state index contributed by atoms with van der Waals surface area (Å²) >= 11 is 0. The van der Waals surface area contributed by atoms with Gasteiger partial charge in [-0.3, -0.25) is 9.69 Å². The van der Waals surface area contributed by atoms with Crippen LogP contribution >= 0.6 is 0 Å². The highest BCUT2D eigenvalue weighted by molar-refractivity contribution is 5.81. The second-order valence-electron chi connectivity index (χ2n) is 5.66. The first kappa shape index (κ1) is 13.6. The summed E-state index contributed by atoms with van der Waals surface area (Å²) in [5, 5.41) is 0. The molecule has 0 aromatic rings. The van der Waals surface area contributed by atoms with Gasteiger partial charge in [-0.2, -0.15) is 0 Å². The summed E-state index contributed by atoms with van der Waals surface area (Å²) in [6.07, 6.45) is 8.89. The fraction of sp³-hybridized carbons (Fsp3) is 0.750. The molecule has 2 rings (SSSR count). The smallest absolute Gasteiger partial charge is 0.136 e. The van der Waals surface area contributed by atoms with E-state index in [2.05, 4.69) is 24.1 Å². The summed E-state index contributed by atoms with van der Waals surface area (Å²) < 4.78 is 0. The molecule has 2 nitrogen and oxygen atoms in total. The maximum atomic E-state index is 11.9. The molecule has 0 N–H and O–H groups in total. The topological polar surface area (TPSA) is 20.3 Å². The molecule has 0 saturated carbocycles. The number of carbonyl (C=O) groups is 1. The molecule has 2 heterocycles. The predicted octanol–water partition coefficient (Wildman–Crippen LogP) is 3.47. The van der Waals surface area contributed by atoms with Gasteiger partial charge in [0.15, 0.2) is 0 Å². The van der Waals surface area contributed by atoms with E-state index >= 15 is 0 Å². The van der Waals surface area contributed by atoms with E-state index in [-0.39, 0.29) is 0 Å². The van der Waals surface area contributed by atoms with Gasteiger partial charge < -0.3 is 0 Å². The maximum absolute atomic E-state index is 11.9. The SMILES string of the molecule is C=C=C1CCN2[C@@H](CCCCCC)CC(=O)C[C@H]12. The molecule has 0 aromatic heterocycles. The Hall–Kier alpha value is -0.850. The average Bonchev–Trinajstić information content (AvgIpc) is 2.77. The number of piperidine rings is 1. The minimum Gasteiger partial charge on any atom is -0.300 e. The molecule has 0 amide bonds. The highest BCUT2D eigenvalue weighted by atomic mass is 16.1. The number of unbranched alkanes of at least 4 members (excludes halogenated alkanes) is 3. The molecule has 2 aliphatic rings. The van der Waals surface area contributed by atoms with Gasteiger partial charge in [-0.05, 0) is 18.4 Å². The monoisotopic (exact) mass is 247 g/mol. The molecule has 2 saturated heterocycles. The Morgan fingerprint density at radius 3 is 2.89 bits per heavy atom. The maximum Gasteiger partial charge on any atom is 0.136 e. The largest absolute Gasteiger partial charge is 0.300 e. The van der Waals surface area contributed by atoms with Crippen molar-refractivity contribution in [3.8, 4) is 0 Å². The first-order valence-electron chi connectivity index (χ1n) is 7.42. The van der Waals surface area contributed by atoms with Gasteiger partial charge in [0, 0.05) is 31.5 Å². The number of rotatable bonds is 5. The second-order valence-corrected chi connectivity index (χ2v) is 5.66. The van der Waals surface area contributed by atoms with Crippen molar-refractivity contribution in [2.45, 2.75) is 70.4 Å². The number of hydrogen-bond acceptors (Lipinski definition) is 2. The van der Waals surface area contributed by atoms with Crippen molar-refractivity contribution in [2.75, 3.05) is 6.54 Å². The molecule has 2 fully saturated rings. The standard InChI is InChI=1S/C16H25NO/c1-3-5-6-7-8-14-11-15(18)12-16-13(4-2)9-10-17(14)16/h14,16H,2-3,5-12H2,1H3/t14-,16+/m0/s1. The van der Waals surface area contributed by atoms with Gasteiger partial charge in [0.2, 0.25) is 0 Å². The Bertz CT molecular complexity index is 354. The summed E-state index contributed by atoms with van der Waals surface area (Å²) in [6.45, 7) is 7.11. The molecule has 0 unspecified atom stereocenters. The van der Waals surface area contributed by atoms with E-state index in [0.29, 0.717) is 24.3 Å². The summed E-state index contributed by atoms with van der Waals surface area (Å²) in [6, 6.07) is 0.818. The summed E-state index contributed by atoms with van der Waals surface area (Å²) in [5.41, 5.74) is 4.32. The zero-order valence-electron chi connectivity index (χ0n) is 11.6. The molecule has 2 heteroatoms. The molecule has 2 atom stereocenters. The number of carbonyl (C=O) groups excluding carboxylic acids is 1. The average molecular weight is 247 g/mol. The van der Waals surface area contributed by atoms with Crippen LogP contribution in [0, 0.1) is 0 Å². The summed E-state index contributed by atoms with van der Waals surface area (Å²) in [5.74, 6) is 0.436. The van der Waals surface area contributed by atoms with Crippen LogP contribution in [-0.4, -0.2) is 29.3 Å². The molecule has 0 aromatic carbocycles. The Morgan fingerprint density at radius 1 is 1.33 bits per heavy atom. The number of Topliss-reactive ketones (excluding diaryl/α,β-unsaturated/α-hetero) is 1. The molecule has 0 bridgehead atoms. The first-order valence-corrected chi connectivity index (χ1v) is 7.42. The molecule has 0 aliphatic carbocycles. The zero-order valence-corrected chi connectivity index (χ0v) is 11.6. The van der Waals surface area contributed by atoms with Crippen molar-refractivity contribution >= 4 is 5.78 Å². The van der Waals surface area contributed by atoms with Gasteiger partial charge in [-0.1, -0.05) is 39.2 Å². The van der Waals surface area contributed by atoms with Crippen LogP contribution in [0.2, 0.25) is 0 Å². The van der Waals surface area contributed by atoms with Crippen LogP contribution in [0.25, 0.3) is 0 Å². The van der Waals surface area contributed by atoms with Gasteiger partial charge in [-0.15, -0.1) is 5.73 Å². The molecule has 0 spiro atoms. The van der Waals surface area contributed by atoms with Crippen LogP contribution < -0.4 is 0 Å². The third-order valence-corrected chi connectivity index (χ3v) is 4.41. The first-order chi connectivity index (χ1) is 8.76. The minimum atomic E-state index is 0.333. The normalized spacial score (nSPS) is 28.3. The van der Waals surface area contributed by atoms with Crippen molar-refractivity contribution in [1.29, 1.82) is 0 Å². The number of ketones is 1. The lowest BCUT2D eigenvalue weighted by atomic mass is 9.90. The lowest BCUT2D eigenvalue weighted by Gasteiger charge is -2.37. The molecule has 18 heavy (non-hydrogen) atoms. The van der Waals surface area contributed by atoms with E-state index in [1.165, 1.54) is 37.7 Å². The van der Waals surface area contributed by atoms with E-state index in [9.17, 15) is 4.79 Å². The highest BCUT2D eigenvalue weighted by Gasteiger charge is 2.39. The van der Waals surface area contributed by atoms with Crippen LogP contribution in [0.4, 0.5) is 0 Å². The van der Waals surface area contributed by atoms with Gasteiger partial charge in [0.25, 0.3) is 0 Å². The van der Waals surface area contributed by atoms with Crippen molar-refractivity contribution in [3.05, 3.63) is 17.9 Å². The molecular formula is C16H25NO. The van der Waals surface area contributed by atoms with Crippen LogP contribution in [0.3, 0.4) is 0 Å². The van der Waals surface area contributed by atoms with Crippen molar-refractivity contribution in [1.82, 2.24) is 4.90 Å². The van der Waals surface area contributed by atoms with Crippen molar-refractivity contribution < 1.29 is 4.79 Å². The molecule has 100 valence electrons. The lowest BCUT2D eigenvalue weighted by molar-refractivity contribution is -0.124. The van der Waals surface area contributed by atoms with Gasteiger partial charge in [-0.25, -0.2) is 0 Å². The van der Waals surface area contributed by atoms with Gasteiger partial charge in [0.05, 0.1) is 0 Å². The molecule has 0 radical (unpaired) electrons. The Balaban J connectivity index is 1.93. The fourth-order valence-electron chi connectivity index (χ4n) is 3.41. The minimum absolute atomic E-state index is 0.333. The van der Waals surface area contributed by atoms with Gasteiger partial charge >= 0.3 is 0 Å². The quantitative estimate of drug-likeness (QED) is 0.547. The fourth-order valence-corrected chi connectivity index (χ4v) is 3.41. The van der Waals surface area contributed by atoms with Gasteiger partial charge in [0.1, 0.15) is 5.78 Å². The summed E-state index contributed by atoms with van der Waals surface area (Å²) in [7, 11) is 0. The van der Waals surface area contributed by atoms with Crippen LogP contribution in [-0.2, 0) is 4.79 Å². The summed E-state index contributed by atoms with van der Waals surface area (Å²) in [4.78, 5) is 14.4. The van der Waals surface area contributed by atoms with Crippen molar-refractivity contribution in [2.24, 2.45) is 0 Å². The zero-order chi connectivity index (χ0) is 13.0. The van der Waals surface area contributed by atoms with E-state index in [1.54, 1.807) is 0 Å². The highest BCUT2D eigenvalue weighted by Crippen LogP contribution is 2.34. The molecular weight excluding hydrogens is 222 g/mol. The molecule has 2 aliphatic heterocycles. The lowest BCUT2D eigenvalue weighted by Crippen LogP contribution is -2.46. The van der Waals surface area contributed by atoms with E-state index < -0.39 is 0 Å². The van der Waals surface area contributed by atoms with E-state index in [1.807, 2.05) is 0 Å². The number of fused-ring (bicyclic) bond motifs is 1. The van der Waals surface area contributed by atoms with Crippen LogP contribution in [0.5, 0.6) is 0 Å². The number of hydrogen-bond donors (Lipinski definition) is 0. The predicted molar refractivity (Wildman–Crippen MR) is 74.6 cm³/mol. The third kappa shape index (κ3) is 2.93. The second kappa shape index (κ2) is 6.36.